The van der Waals surface area contributed by atoms with Gasteiger partial charge in [0.05, 0.1) is 11.6 Å². The number of rotatable bonds is 8. The van der Waals surface area contributed by atoms with Gasteiger partial charge in [0.15, 0.2) is 0 Å². The number of hydrogen-bond donors (Lipinski definition) is 1. The van der Waals surface area contributed by atoms with E-state index in [-0.39, 0.29) is 0 Å². The van der Waals surface area contributed by atoms with Crippen LogP contribution in [-0.4, -0.2) is 31.1 Å². The van der Waals surface area contributed by atoms with Gasteiger partial charge in [-0.15, -0.1) is 0 Å². The second-order valence-corrected chi connectivity index (χ2v) is 4.38. The summed E-state index contributed by atoms with van der Waals surface area (Å²) in [6, 6.07) is 9.99. The molecule has 0 fully saturated rings. The Hall–Kier alpha value is -1.37. The van der Waals surface area contributed by atoms with Crippen molar-refractivity contribution in [3.63, 3.8) is 0 Å². The molecule has 98 valence electrons. The summed E-state index contributed by atoms with van der Waals surface area (Å²) in [5.41, 5.74) is 1.85. The maximum absolute atomic E-state index is 8.99. The van der Waals surface area contributed by atoms with Gasteiger partial charge >= 0.3 is 0 Å². The molecule has 3 nitrogen and oxygen atoms in total. The van der Waals surface area contributed by atoms with Gasteiger partial charge in [-0.25, -0.2) is 0 Å². The molecule has 0 aliphatic carbocycles. The van der Waals surface area contributed by atoms with Crippen LogP contribution >= 0.6 is 0 Å². The van der Waals surface area contributed by atoms with E-state index in [2.05, 4.69) is 30.1 Å². The molecular formula is C15H23N3. The van der Waals surface area contributed by atoms with Crippen LogP contribution < -0.4 is 5.32 Å². The maximum atomic E-state index is 8.99. The van der Waals surface area contributed by atoms with Crippen molar-refractivity contribution in [2.75, 3.05) is 26.2 Å². The molecule has 0 atom stereocenters. The fourth-order valence-corrected chi connectivity index (χ4v) is 1.99. The van der Waals surface area contributed by atoms with Crippen molar-refractivity contribution < 1.29 is 0 Å². The number of nitrogens with zero attached hydrogens (tertiary/aromatic N) is 2. The zero-order valence-electron chi connectivity index (χ0n) is 11.4. The van der Waals surface area contributed by atoms with Gasteiger partial charge < -0.3 is 10.2 Å². The van der Waals surface area contributed by atoms with Crippen molar-refractivity contribution in [2.24, 2.45) is 0 Å². The lowest BCUT2D eigenvalue weighted by Gasteiger charge is -2.19. The van der Waals surface area contributed by atoms with E-state index in [1.807, 2.05) is 24.3 Å². The van der Waals surface area contributed by atoms with Crippen LogP contribution in [0.2, 0.25) is 0 Å². The summed E-state index contributed by atoms with van der Waals surface area (Å²) >= 11 is 0. The Morgan fingerprint density at radius 3 is 2.67 bits per heavy atom. The van der Waals surface area contributed by atoms with Crippen molar-refractivity contribution in [1.29, 1.82) is 5.26 Å². The number of hydrogen-bond acceptors (Lipinski definition) is 3. The summed E-state index contributed by atoms with van der Waals surface area (Å²) in [5, 5.41) is 12.4. The zero-order valence-corrected chi connectivity index (χ0v) is 11.4. The minimum atomic E-state index is 0.769. The van der Waals surface area contributed by atoms with Crippen LogP contribution in [0.5, 0.6) is 0 Å². The van der Waals surface area contributed by atoms with Crippen LogP contribution in [0.3, 0.4) is 0 Å². The molecule has 0 aliphatic rings. The lowest BCUT2D eigenvalue weighted by Crippen LogP contribution is -2.32. The van der Waals surface area contributed by atoms with Crippen LogP contribution in [-0.2, 0) is 6.54 Å². The van der Waals surface area contributed by atoms with E-state index < -0.39 is 0 Å². The standard InChI is InChI=1S/C15H23N3/c1-3-10-18(4-2)11-9-17-13-15-8-6-5-7-14(15)12-16/h5-8,17H,3-4,9-11,13H2,1-2H3. The van der Waals surface area contributed by atoms with Gasteiger partial charge in [0.2, 0.25) is 0 Å². The first-order chi connectivity index (χ1) is 8.81. The molecule has 0 saturated carbocycles. The summed E-state index contributed by atoms with van der Waals surface area (Å²) < 4.78 is 0. The molecule has 1 aromatic rings. The Labute approximate surface area is 110 Å². The number of nitrogens with one attached hydrogen (secondary N) is 1. The Balaban J connectivity index is 2.31. The molecule has 0 aromatic heterocycles. The number of benzene rings is 1. The predicted molar refractivity (Wildman–Crippen MR) is 75.3 cm³/mol. The maximum Gasteiger partial charge on any atom is 0.0995 e. The lowest BCUT2D eigenvalue weighted by atomic mass is 10.1. The summed E-state index contributed by atoms with van der Waals surface area (Å²) in [6.07, 6.45) is 1.20. The second-order valence-electron chi connectivity index (χ2n) is 4.38. The average Bonchev–Trinajstić information content (AvgIpc) is 2.42. The van der Waals surface area contributed by atoms with Gasteiger partial charge in [-0.05, 0) is 31.1 Å². The van der Waals surface area contributed by atoms with Gasteiger partial charge in [-0.1, -0.05) is 32.0 Å². The molecular weight excluding hydrogens is 222 g/mol. The Morgan fingerprint density at radius 2 is 2.00 bits per heavy atom. The van der Waals surface area contributed by atoms with Crippen LogP contribution in [0.25, 0.3) is 0 Å². The fourth-order valence-electron chi connectivity index (χ4n) is 1.99. The molecule has 18 heavy (non-hydrogen) atoms. The molecule has 0 bridgehead atoms. The van der Waals surface area contributed by atoms with E-state index >= 15 is 0 Å². The minimum Gasteiger partial charge on any atom is -0.311 e. The zero-order chi connectivity index (χ0) is 13.2. The highest BCUT2D eigenvalue weighted by Gasteiger charge is 2.02. The molecule has 0 radical (unpaired) electrons. The summed E-state index contributed by atoms with van der Waals surface area (Å²) in [4.78, 5) is 2.43. The molecule has 0 unspecified atom stereocenters. The summed E-state index contributed by atoms with van der Waals surface area (Å²) in [5.74, 6) is 0. The highest BCUT2D eigenvalue weighted by molar-refractivity contribution is 5.37. The molecule has 1 N–H and O–H groups in total. The summed E-state index contributed by atoms with van der Waals surface area (Å²) in [7, 11) is 0. The molecule has 3 heteroatoms. The Bertz CT molecular complexity index is 382. The summed E-state index contributed by atoms with van der Waals surface area (Å²) in [6.45, 7) is 9.47. The molecule has 0 saturated heterocycles. The van der Waals surface area contributed by atoms with Crippen LogP contribution in [0.15, 0.2) is 24.3 Å². The van der Waals surface area contributed by atoms with Crippen LogP contribution in [0.1, 0.15) is 31.4 Å². The van der Waals surface area contributed by atoms with Gasteiger partial charge in [-0.3, -0.25) is 0 Å². The average molecular weight is 245 g/mol. The van der Waals surface area contributed by atoms with E-state index in [4.69, 9.17) is 5.26 Å². The first-order valence-corrected chi connectivity index (χ1v) is 6.72. The minimum absolute atomic E-state index is 0.769. The second kappa shape index (κ2) is 8.68. The van der Waals surface area contributed by atoms with E-state index in [1.165, 1.54) is 6.42 Å². The van der Waals surface area contributed by atoms with Crippen molar-refractivity contribution in [1.82, 2.24) is 10.2 Å². The number of nitriles is 1. The third-order valence-corrected chi connectivity index (χ3v) is 3.05. The normalized spacial score (nSPS) is 10.6. The largest absolute Gasteiger partial charge is 0.311 e. The quantitative estimate of drug-likeness (QED) is 0.715. The van der Waals surface area contributed by atoms with E-state index in [0.717, 1.165) is 43.9 Å². The molecule has 1 aromatic carbocycles. The van der Waals surface area contributed by atoms with E-state index in [0.29, 0.717) is 0 Å². The molecule has 1 rings (SSSR count). The van der Waals surface area contributed by atoms with Gasteiger partial charge in [0.25, 0.3) is 0 Å². The Morgan fingerprint density at radius 1 is 1.22 bits per heavy atom. The third kappa shape index (κ3) is 4.87. The first-order valence-electron chi connectivity index (χ1n) is 6.72. The van der Waals surface area contributed by atoms with Gasteiger partial charge in [0, 0.05) is 19.6 Å². The number of likely N-dealkylation sites (N-methyl/N-ethyl adjacent to an activating group) is 1. The topological polar surface area (TPSA) is 39.1 Å². The van der Waals surface area contributed by atoms with Crippen LogP contribution in [0, 0.1) is 11.3 Å². The van der Waals surface area contributed by atoms with Gasteiger partial charge in [0.1, 0.15) is 0 Å². The monoisotopic (exact) mass is 245 g/mol. The van der Waals surface area contributed by atoms with Gasteiger partial charge in [-0.2, -0.15) is 5.26 Å². The van der Waals surface area contributed by atoms with Crippen molar-refractivity contribution in [3.05, 3.63) is 35.4 Å². The van der Waals surface area contributed by atoms with E-state index in [9.17, 15) is 0 Å². The smallest absolute Gasteiger partial charge is 0.0995 e. The fraction of sp³-hybridized carbons (Fsp3) is 0.533. The highest BCUT2D eigenvalue weighted by Crippen LogP contribution is 2.06. The molecule has 0 aliphatic heterocycles. The molecule has 0 amide bonds. The van der Waals surface area contributed by atoms with Crippen molar-refractivity contribution in [3.8, 4) is 6.07 Å². The van der Waals surface area contributed by atoms with Crippen molar-refractivity contribution >= 4 is 0 Å². The van der Waals surface area contributed by atoms with Crippen LogP contribution in [0.4, 0.5) is 0 Å². The molecule has 0 spiro atoms. The molecule has 0 heterocycles. The highest BCUT2D eigenvalue weighted by atomic mass is 15.1. The van der Waals surface area contributed by atoms with Crippen molar-refractivity contribution in [2.45, 2.75) is 26.8 Å². The lowest BCUT2D eigenvalue weighted by molar-refractivity contribution is 0.287. The first kappa shape index (κ1) is 14.7. The van der Waals surface area contributed by atoms with E-state index in [1.54, 1.807) is 0 Å². The third-order valence-electron chi connectivity index (χ3n) is 3.05. The predicted octanol–water partition coefficient (Wildman–Crippen LogP) is 2.38. The Kier molecular flexibility index (Phi) is 7.09. The SMILES string of the molecule is CCCN(CC)CCNCc1ccccc1C#N.